The third-order valence-corrected chi connectivity index (χ3v) is 4.98. The van der Waals surface area contributed by atoms with Crippen molar-refractivity contribution in [2.75, 3.05) is 11.5 Å². The zero-order valence-electron chi connectivity index (χ0n) is 9.29. The lowest BCUT2D eigenvalue weighted by Crippen LogP contribution is -2.50. The van der Waals surface area contributed by atoms with Gasteiger partial charge in [0, 0.05) is 17.8 Å². The molecule has 86 valence electrons. The molecule has 1 saturated heterocycles. The molecule has 1 aliphatic carbocycles. The number of rotatable bonds is 2. The zero-order valence-corrected chi connectivity index (χ0v) is 10.1. The molecule has 0 spiro atoms. The van der Waals surface area contributed by atoms with E-state index in [1.807, 2.05) is 18.7 Å². The van der Waals surface area contributed by atoms with E-state index in [-0.39, 0.29) is 17.4 Å². The molecule has 15 heavy (non-hydrogen) atoms. The van der Waals surface area contributed by atoms with Crippen molar-refractivity contribution in [3.05, 3.63) is 0 Å². The van der Waals surface area contributed by atoms with Gasteiger partial charge in [0.05, 0.1) is 5.41 Å². The van der Waals surface area contributed by atoms with Crippen LogP contribution >= 0.6 is 11.8 Å². The van der Waals surface area contributed by atoms with Crippen molar-refractivity contribution in [2.24, 2.45) is 11.1 Å². The third-order valence-electron chi connectivity index (χ3n) is 3.81. The molecular weight excluding hydrogens is 208 g/mol. The van der Waals surface area contributed by atoms with E-state index in [4.69, 9.17) is 5.73 Å². The van der Waals surface area contributed by atoms with E-state index in [1.54, 1.807) is 0 Å². The second-order valence-electron chi connectivity index (χ2n) is 4.95. The van der Waals surface area contributed by atoms with E-state index < -0.39 is 0 Å². The minimum Gasteiger partial charge on any atom is -0.352 e. The highest BCUT2D eigenvalue weighted by Crippen LogP contribution is 2.37. The minimum atomic E-state index is -0.312. The largest absolute Gasteiger partial charge is 0.352 e. The third kappa shape index (κ3) is 2.16. The van der Waals surface area contributed by atoms with Gasteiger partial charge in [0.2, 0.25) is 5.91 Å². The highest BCUT2D eigenvalue weighted by molar-refractivity contribution is 7.99. The monoisotopic (exact) mass is 228 g/mol. The molecule has 3 atom stereocenters. The normalized spacial score (nSPS) is 40.7. The molecule has 4 heteroatoms. The van der Waals surface area contributed by atoms with E-state index in [1.165, 1.54) is 5.75 Å². The molecule has 1 saturated carbocycles. The van der Waals surface area contributed by atoms with Crippen LogP contribution in [-0.2, 0) is 4.79 Å². The molecule has 2 fully saturated rings. The summed E-state index contributed by atoms with van der Waals surface area (Å²) in [5.74, 6) is 2.42. The predicted molar refractivity (Wildman–Crippen MR) is 63.8 cm³/mol. The molecule has 0 aromatic carbocycles. The van der Waals surface area contributed by atoms with Crippen LogP contribution in [0.3, 0.4) is 0 Å². The topological polar surface area (TPSA) is 55.1 Å². The van der Waals surface area contributed by atoms with Crippen molar-refractivity contribution in [1.29, 1.82) is 0 Å². The zero-order chi connectivity index (χ0) is 10.9. The Morgan fingerprint density at radius 1 is 1.53 bits per heavy atom. The van der Waals surface area contributed by atoms with Crippen molar-refractivity contribution >= 4 is 17.7 Å². The molecule has 2 aliphatic rings. The summed E-state index contributed by atoms with van der Waals surface area (Å²) >= 11 is 1.92. The summed E-state index contributed by atoms with van der Waals surface area (Å²) in [4.78, 5) is 12.1. The van der Waals surface area contributed by atoms with Gasteiger partial charge >= 0.3 is 0 Å². The van der Waals surface area contributed by atoms with Gasteiger partial charge in [0.25, 0.3) is 0 Å². The van der Waals surface area contributed by atoms with Crippen LogP contribution in [0.2, 0.25) is 0 Å². The van der Waals surface area contributed by atoms with E-state index in [0.29, 0.717) is 6.04 Å². The van der Waals surface area contributed by atoms with Gasteiger partial charge in [0.15, 0.2) is 0 Å². The van der Waals surface area contributed by atoms with Crippen molar-refractivity contribution in [1.82, 2.24) is 5.32 Å². The summed E-state index contributed by atoms with van der Waals surface area (Å²) < 4.78 is 0. The number of nitrogens with one attached hydrogen (secondary N) is 1. The van der Waals surface area contributed by atoms with Gasteiger partial charge in [-0.1, -0.05) is 6.42 Å². The maximum absolute atomic E-state index is 12.1. The molecule has 0 radical (unpaired) electrons. The summed E-state index contributed by atoms with van der Waals surface area (Å²) in [5.41, 5.74) is 5.71. The first-order chi connectivity index (χ1) is 7.13. The highest BCUT2D eigenvalue weighted by Gasteiger charge is 2.43. The van der Waals surface area contributed by atoms with Gasteiger partial charge in [-0.25, -0.2) is 0 Å². The molecule has 3 nitrogen and oxygen atoms in total. The number of hydrogen-bond donors (Lipinski definition) is 2. The molecule has 1 heterocycles. The summed E-state index contributed by atoms with van der Waals surface area (Å²) in [7, 11) is 0. The number of nitrogens with two attached hydrogens (primary N) is 1. The second kappa shape index (κ2) is 4.34. The maximum atomic E-state index is 12.1. The Hall–Kier alpha value is -0.220. The van der Waals surface area contributed by atoms with Gasteiger partial charge in [0.1, 0.15) is 0 Å². The van der Waals surface area contributed by atoms with E-state index in [2.05, 4.69) is 5.32 Å². The van der Waals surface area contributed by atoms with E-state index >= 15 is 0 Å². The summed E-state index contributed by atoms with van der Waals surface area (Å²) in [6, 6.07) is 0.429. The Balaban J connectivity index is 1.94. The van der Waals surface area contributed by atoms with Crippen LogP contribution in [0.4, 0.5) is 0 Å². The fraction of sp³-hybridized carbons (Fsp3) is 0.909. The second-order valence-corrected chi connectivity index (χ2v) is 6.10. The fourth-order valence-corrected chi connectivity index (χ4v) is 3.63. The van der Waals surface area contributed by atoms with Crippen LogP contribution in [0.15, 0.2) is 0 Å². The standard InChI is InChI=1S/C11H20N2OS/c1-11(5-2-3-9(11)12)10(14)13-8-4-6-15-7-8/h8-9H,2-7,12H2,1H3,(H,13,14). The van der Waals surface area contributed by atoms with Gasteiger partial charge < -0.3 is 11.1 Å². The first-order valence-electron chi connectivity index (χ1n) is 5.77. The van der Waals surface area contributed by atoms with Crippen LogP contribution in [0.5, 0.6) is 0 Å². The first kappa shape index (κ1) is 11.3. The van der Waals surface area contributed by atoms with Crippen molar-refractivity contribution in [3.8, 4) is 0 Å². The lowest BCUT2D eigenvalue weighted by Gasteiger charge is -2.29. The van der Waals surface area contributed by atoms with Crippen molar-refractivity contribution in [2.45, 2.75) is 44.7 Å². The Labute approximate surface area is 95.6 Å². The Morgan fingerprint density at radius 2 is 2.33 bits per heavy atom. The van der Waals surface area contributed by atoms with Crippen LogP contribution in [0.25, 0.3) is 0 Å². The SMILES string of the molecule is CC1(C(=O)NC2CCSC2)CCCC1N. The molecule has 0 bridgehead atoms. The lowest BCUT2D eigenvalue weighted by atomic mass is 9.84. The van der Waals surface area contributed by atoms with Crippen molar-refractivity contribution < 1.29 is 4.79 Å². The van der Waals surface area contributed by atoms with Crippen LogP contribution in [-0.4, -0.2) is 29.5 Å². The van der Waals surface area contributed by atoms with Gasteiger partial charge in [-0.3, -0.25) is 4.79 Å². The van der Waals surface area contributed by atoms with Crippen molar-refractivity contribution in [3.63, 3.8) is 0 Å². The molecule has 1 aliphatic heterocycles. The Bertz CT molecular complexity index is 253. The summed E-state index contributed by atoms with van der Waals surface area (Å²) in [6.07, 6.45) is 4.13. The Kier molecular flexibility index (Phi) is 3.26. The van der Waals surface area contributed by atoms with E-state index in [9.17, 15) is 4.79 Å². The molecule has 0 aromatic rings. The number of carbonyl (C=O) groups excluding carboxylic acids is 1. The molecule has 2 rings (SSSR count). The van der Waals surface area contributed by atoms with Crippen LogP contribution in [0.1, 0.15) is 32.6 Å². The molecule has 3 unspecified atom stereocenters. The van der Waals surface area contributed by atoms with Crippen LogP contribution in [0, 0.1) is 5.41 Å². The number of thioether (sulfide) groups is 1. The molecular formula is C11H20N2OS. The molecule has 3 N–H and O–H groups in total. The highest BCUT2D eigenvalue weighted by atomic mass is 32.2. The Morgan fingerprint density at radius 3 is 2.87 bits per heavy atom. The first-order valence-corrected chi connectivity index (χ1v) is 6.93. The molecule has 1 amide bonds. The number of amides is 1. The quantitative estimate of drug-likeness (QED) is 0.745. The van der Waals surface area contributed by atoms with Gasteiger partial charge in [-0.15, -0.1) is 0 Å². The summed E-state index contributed by atoms with van der Waals surface area (Å²) in [5, 5.41) is 3.15. The lowest BCUT2D eigenvalue weighted by molar-refractivity contribution is -0.131. The molecule has 0 aromatic heterocycles. The predicted octanol–water partition coefficient (Wildman–Crippen LogP) is 1.13. The summed E-state index contributed by atoms with van der Waals surface area (Å²) in [6.45, 7) is 2.02. The van der Waals surface area contributed by atoms with E-state index in [0.717, 1.165) is 31.4 Å². The average molecular weight is 228 g/mol. The smallest absolute Gasteiger partial charge is 0.227 e. The van der Waals surface area contributed by atoms with Crippen LogP contribution < -0.4 is 11.1 Å². The van der Waals surface area contributed by atoms with Gasteiger partial charge in [-0.05, 0) is 31.9 Å². The number of hydrogen-bond acceptors (Lipinski definition) is 3. The minimum absolute atomic E-state index is 0.0477. The fourth-order valence-electron chi connectivity index (χ4n) is 2.47. The number of carbonyl (C=O) groups is 1. The van der Waals surface area contributed by atoms with Gasteiger partial charge in [-0.2, -0.15) is 11.8 Å². The maximum Gasteiger partial charge on any atom is 0.227 e. The average Bonchev–Trinajstić information content (AvgIpc) is 2.79.